The van der Waals surface area contributed by atoms with Crippen LogP contribution >= 0.6 is 0 Å². The van der Waals surface area contributed by atoms with Crippen LogP contribution in [-0.2, 0) is 11.2 Å². The highest BCUT2D eigenvalue weighted by Gasteiger charge is 2.26. The monoisotopic (exact) mass is 748 g/mol. The lowest BCUT2D eigenvalue weighted by Crippen LogP contribution is -2.19. The summed E-state index contributed by atoms with van der Waals surface area (Å²) >= 11 is 0. The predicted molar refractivity (Wildman–Crippen MR) is 217 cm³/mol. The third-order valence-corrected chi connectivity index (χ3v) is 10.2. The normalized spacial score (nSPS) is 12.2. The van der Waals surface area contributed by atoms with Crippen molar-refractivity contribution in [1.82, 2.24) is 50.3 Å². The van der Waals surface area contributed by atoms with Crippen LogP contribution < -0.4 is 0 Å². The number of ketones is 2. The molecule has 0 saturated carbocycles. The van der Waals surface area contributed by atoms with E-state index in [1.54, 1.807) is 25.7 Å². The van der Waals surface area contributed by atoms with Crippen LogP contribution in [0.2, 0.25) is 0 Å². The summed E-state index contributed by atoms with van der Waals surface area (Å²) < 4.78 is 5.39. The van der Waals surface area contributed by atoms with Gasteiger partial charge >= 0.3 is 0 Å². The van der Waals surface area contributed by atoms with Gasteiger partial charge in [0.15, 0.2) is 11.6 Å². The fourth-order valence-electron chi connectivity index (χ4n) is 7.42. The number of carbonyl (C=O) groups excluding carboxylic acids is 2. The van der Waals surface area contributed by atoms with Crippen molar-refractivity contribution in [2.45, 2.75) is 12.3 Å². The Bertz CT molecular complexity index is 3130. The van der Waals surface area contributed by atoms with Crippen molar-refractivity contribution >= 4 is 55.4 Å². The SMILES string of the molecule is COC[C@@H](C(=O)c1nc2cc3[nH][nH]c(-c4ccnc(-c5cccc(CC(=O)c6nc7cc8[nH][nH]c(-c9ccncc9)c8cc7n6)c5)c4)c3cc2n1)c1ccccc1. The van der Waals surface area contributed by atoms with Crippen molar-refractivity contribution in [3.63, 3.8) is 0 Å². The summed E-state index contributed by atoms with van der Waals surface area (Å²) in [4.78, 5) is 54.4. The van der Waals surface area contributed by atoms with Gasteiger partial charge in [-0.2, -0.15) is 0 Å². The van der Waals surface area contributed by atoms with Gasteiger partial charge in [-0.3, -0.25) is 29.8 Å². The molecule has 0 unspecified atom stereocenters. The number of hydrogen-bond acceptors (Lipinski definition) is 9. The van der Waals surface area contributed by atoms with E-state index < -0.39 is 5.92 Å². The second-order valence-electron chi connectivity index (χ2n) is 13.9. The third kappa shape index (κ3) is 6.21. The molecule has 0 amide bonds. The number of methoxy groups -OCH3 is 1. The average molecular weight is 749 g/mol. The van der Waals surface area contributed by atoms with Crippen molar-refractivity contribution in [3.05, 3.63) is 144 Å². The molecule has 13 nitrogen and oxygen atoms in total. The topological polar surface area (TPSA) is 184 Å². The van der Waals surface area contributed by atoms with Gasteiger partial charge in [-0.15, -0.1) is 0 Å². The lowest BCUT2D eigenvalue weighted by Gasteiger charge is -2.13. The molecule has 0 fully saturated rings. The van der Waals surface area contributed by atoms with Crippen molar-refractivity contribution in [2.24, 2.45) is 0 Å². The first kappa shape index (κ1) is 33.9. The number of nitrogens with one attached hydrogen (secondary N) is 4. The maximum absolute atomic E-state index is 13.6. The van der Waals surface area contributed by atoms with E-state index in [4.69, 9.17) is 4.74 Å². The van der Waals surface area contributed by atoms with Crippen LogP contribution in [0.3, 0.4) is 0 Å². The van der Waals surface area contributed by atoms with Crippen LogP contribution in [0, 0.1) is 0 Å². The quantitative estimate of drug-likeness (QED) is 0.0952. The fourth-order valence-corrected chi connectivity index (χ4v) is 7.42. The number of carbonyl (C=O) groups is 2. The summed E-state index contributed by atoms with van der Waals surface area (Å²) in [5.74, 6) is -0.548. The lowest BCUT2D eigenvalue weighted by molar-refractivity contribution is 0.0878. The molecule has 0 aliphatic carbocycles. The van der Waals surface area contributed by atoms with E-state index in [9.17, 15) is 9.59 Å². The molecular weight excluding hydrogens is 717 g/mol. The van der Waals surface area contributed by atoms with Crippen molar-refractivity contribution in [2.75, 3.05) is 13.7 Å². The van der Waals surface area contributed by atoms with E-state index >= 15 is 0 Å². The largest absolute Gasteiger partial charge is 0.384 e. The van der Waals surface area contributed by atoms with Crippen molar-refractivity contribution < 1.29 is 14.3 Å². The molecule has 0 saturated heterocycles. The standard InChI is InChI=1S/C44H32N10O3/c1-57-23-31(25-7-3-2-4-8-25)42(56)44-49-36-20-30-34(22-38(36)50-44)52-54-41(30)28-12-15-46-32(18-28)27-9-5-6-24(16-27)17-39(55)43-47-35-19-29-33(21-37(35)48-43)51-53-40(29)26-10-13-45-14-11-26/h2-16,18-22,31,51-54H,17,23H2,1H3/t31-/m1/s1. The highest BCUT2D eigenvalue weighted by atomic mass is 16.5. The number of fused-ring (bicyclic) bond motifs is 4. The van der Waals surface area contributed by atoms with Crippen molar-refractivity contribution in [3.8, 4) is 33.8 Å². The summed E-state index contributed by atoms with van der Waals surface area (Å²) in [6, 6.07) is 32.8. The van der Waals surface area contributed by atoms with Gasteiger partial charge in [0, 0.05) is 59.6 Å². The molecule has 6 heterocycles. The van der Waals surface area contributed by atoms with E-state index in [-0.39, 0.29) is 36.2 Å². The van der Waals surface area contributed by atoms with Gasteiger partial charge in [-0.25, -0.2) is 19.9 Å². The highest BCUT2D eigenvalue weighted by Crippen LogP contribution is 2.33. The maximum atomic E-state index is 13.6. The Morgan fingerprint density at radius 1 is 0.614 bits per heavy atom. The van der Waals surface area contributed by atoms with Gasteiger partial charge in [0.05, 0.1) is 62.7 Å². The van der Waals surface area contributed by atoms with Crippen LogP contribution in [0.1, 0.15) is 38.3 Å². The van der Waals surface area contributed by atoms with E-state index in [0.29, 0.717) is 22.1 Å². The van der Waals surface area contributed by atoms with Crippen LogP contribution in [0.15, 0.2) is 122 Å². The summed E-state index contributed by atoms with van der Waals surface area (Å²) in [6.45, 7) is 0.225. The van der Waals surface area contributed by atoms with Crippen LogP contribution in [0.4, 0.5) is 0 Å². The minimum Gasteiger partial charge on any atom is -0.384 e. The number of imidazole rings is 2. The Hall–Kier alpha value is -7.64. The van der Waals surface area contributed by atoms with Crippen LogP contribution in [0.25, 0.3) is 77.6 Å². The summed E-state index contributed by atoms with van der Waals surface area (Å²) in [6.07, 6.45) is 5.38. The molecule has 57 heavy (non-hydrogen) atoms. The van der Waals surface area contributed by atoms with Gasteiger partial charge in [-0.05, 0) is 65.7 Å². The number of H-pyrrole nitrogens is 4. The van der Waals surface area contributed by atoms with E-state index in [1.165, 1.54) is 0 Å². The number of hydrogen-bond donors (Lipinski definition) is 4. The number of benzene rings is 4. The fraction of sp³-hybridized carbons (Fsp3) is 0.0909. The zero-order valence-electron chi connectivity index (χ0n) is 30.4. The minimum atomic E-state index is -0.514. The van der Waals surface area contributed by atoms with Gasteiger partial charge in [0.25, 0.3) is 0 Å². The third-order valence-electron chi connectivity index (χ3n) is 10.2. The van der Waals surface area contributed by atoms with Crippen LogP contribution in [-0.4, -0.2) is 75.6 Å². The summed E-state index contributed by atoms with van der Waals surface area (Å²) in [5.41, 5.74) is 11.1. The number of nitrogens with zero attached hydrogens (tertiary/aromatic N) is 6. The smallest absolute Gasteiger partial charge is 0.209 e. The molecule has 0 radical (unpaired) electrons. The number of pyridine rings is 2. The predicted octanol–water partition coefficient (Wildman–Crippen LogP) is 8.02. The average Bonchev–Trinajstić information content (AvgIpc) is 4.06. The van der Waals surface area contributed by atoms with Gasteiger partial charge in [-0.1, -0.05) is 48.5 Å². The Labute approximate surface area is 323 Å². The molecule has 0 aliphatic heterocycles. The zero-order chi connectivity index (χ0) is 38.5. The number of aromatic amines is 4. The molecule has 10 aromatic rings. The Balaban J connectivity index is 0.903. The van der Waals surface area contributed by atoms with Gasteiger partial charge < -0.3 is 14.9 Å². The first-order valence-electron chi connectivity index (χ1n) is 18.3. The lowest BCUT2D eigenvalue weighted by atomic mass is 9.95. The molecule has 4 N–H and O–H groups in total. The number of rotatable bonds is 11. The number of Topliss-reactive ketones (excluding diaryl/α,β-unsaturated/α-hetero) is 2. The molecule has 0 aliphatic rings. The summed E-state index contributed by atoms with van der Waals surface area (Å²) in [5, 5.41) is 14.8. The first-order chi connectivity index (χ1) is 28.0. The molecule has 1 atom stereocenters. The molecule has 0 spiro atoms. The van der Waals surface area contributed by atoms with Crippen molar-refractivity contribution in [1.29, 1.82) is 0 Å². The van der Waals surface area contributed by atoms with E-state index in [1.807, 2.05) is 103 Å². The molecule has 6 aromatic heterocycles. The van der Waals surface area contributed by atoms with Gasteiger partial charge in [0.1, 0.15) is 0 Å². The number of aromatic nitrogens is 10. The van der Waals surface area contributed by atoms with E-state index in [0.717, 1.165) is 66.7 Å². The molecule has 4 aromatic carbocycles. The second kappa shape index (κ2) is 13.9. The minimum absolute atomic E-state index is 0.132. The second-order valence-corrected chi connectivity index (χ2v) is 13.9. The summed E-state index contributed by atoms with van der Waals surface area (Å²) in [7, 11) is 1.58. The molecule has 276 valence electrons. The maximum Gasteiger partial charge on any atom is 0.209 e. The molecular formula is C44H32N10O3. The molecule has 0 bridgehead atoms. The van der Waals surface area contributed by atoms with Gasteiger partial charge in [0.2, 0.25) is 11.6 Å². The first-order valence-corrected chi connectivity index (χ1v) is 18.3. The Morgan fingerprint density at radius 3 is 1.93 bits per heavy atom. The van der Waals surface area contributed by atoms with E-state index in [2.05, 4.69) is 50.3 Å². The Morgan fingerprint density at radius 2 is 1.25 bits per heavy atom. The van der Waals surface area contributed by atoms with Crippen LogP contribution in [0.5, 0.6) is 0 Å². The molecule has 13 heteroatoms. The Kier molecular flexibility index (Phi) is 8.26. The number of ether oxygens (including phenoxy) is 1. The zero-order valence-corrected chi connectivity index (χ0v) is 30.4. The molecule has 10 rings (SSSR count). The highest BCUT2D eigenvalue weighted by molar-refractivity contribution is 6.05.